The Bertz CT molecular complexity index is 548. The SMILES string of the molecule is CCc1ccc(C(Br)c2ccc(OC)c(OC)c2)o1. The van der Waals surface area contributed by atoms with Crippen LogP contribution in [0.2, 0.25) is 0 Å². The average Bonchev–Trinajstić information content (AvgIpc) is 2.94. The first-order valence-electron chi connectivity index (χ1n) is 6.14. The van der Waals surface area contributed by atoms with Gasteiger partial charge in [-0.05, 0) is 29.8 Å². The number of hydrogen-bond donors (Lipinski definition) is 0. The van der Waals surface area contributed by atoms with Crippen molar-refractivity contribution in [2.24, 2.45) is 0 Å². The lowest BCUT2D eigenvalue weighted by Gasteiger charge is -2.12. The zero-order chi connectivity index (χ0) is 13.8. The zero-order valence-corrected chi connectivity index (χ0v) is 12.9. The van der Waals surface area contributed by atoms with Crippen molar-refractivity contribution in [1.82, 2.24) is 0 Å². The third kappa shape index (κ3) is 2.95. The highest BCUT2D eigenvalue weighted by Crippen LogP contribution is 2.37. The van der Waals surface area contributed by atoms with Crippen LogP contribution in [0.1, 0.15) is 28.8 Å². The fourth-order valence-electron chi connectivity index (χ4n) is 1.90. The Labute approximate surface area is 121 Å². The van der Waals surface area contributed by atoms with Gasteiger partial charge >= 0.3 is 0 Å². The third-order valence-electron chi connectivity index (χ3n) is 2.98. The van der Waals surface area contributed by atoms with Crippen LogP contribution in [0.15, 0.2) is 34.7 Å². The summed E-state index contributed by atoms with van der Waals surface area (Å²) in [6.45, 7) is 2.07. The fraction of sp³-hybridized carbons (Fsp3) is 0.333. The van der Waals surface area contributed by atoms with Gasteiger partial charge in [-0.1, -0.05) is 28.9 Å². The van der Waals surface area contributed by atoms with Crippen molar-refractivity contribution in [3.05, 3.63) is 47.4 Å². The second-order valence-electron chi connectivity index (χ2n) is 4.13. The largest absolute Gasteiger partial charge is 0.493 e. The predicted molar refractivity (Wildman–Crippen MR) is 78.4 cm³/mol. The summed E-state index contributed by atoms with van der Waals surface area (Å²) in [5, 5.41) is 0. The van der Waals surface area contributed by atoms with Crippen LogP contribution in [0, 0.1) is 0 Å². The van der Waals surface area contributed by atoms with Crippen LogP contribution in [0.5, 0.6) is 11.5 Å². The number of rotatable bonds is 5. The van der Waals surface area contributed by atoms with Gasteiger partial charge in [0.05, 0.1) is 19.0 Å². The Morgan fingerprint density at radius 2 is 1.84 bits per heavy atom. The molecular weight excluding hydrogens is 308 g/mol. The van der Waals surface area contributed by atoms with E-state index in [1.807, 2.05) is 30.3 Å². The molecule has 0 saturated carbocycles. The fourth-order valence-corrected chi connectivity index (χ4v) is 2.43. The van der Waals surface area contributed by atoms with Gasteiger partial charge in [0.15, 0.2) is 11.5 Å². The topological polar surface area (TPSA) is 31.6 Å². The minimum atomic E-state index is 0.00704. The quantitative estimate of drug-likeness (QED) is 0.766. The molecule has 2 rings (SSSR count). The minimum Gasteiger partial charge on any atom is -0.493 e. The van der Waals surface area contributed by atoms with Gasteiger partial charge < -0.3 is 13.9 Å². The lowest BCUT2D eigenvalue weighted by Crippen LogP contribution is -1.95. The molecule has 2 aromatic rings. The van der Waals surface area contributed by atoms with Crippen LogP contribution in [0.3, 0.4) is 0 Å². The second-order valence-corrected chi connectivity index (χ2v) is 5.05. The van der Waals surface area contributed by atoms with Crippen molar-refractivity contribution in [2.75, 3.05) is 14.2 Å². The van der Waals surface area contributed by atoms with E-state index in [1.165, 1.54) is 0 Å². The molecule has 0 aliphatic heterocycles. The molecule has 19 heavy (non-hydrogen) atoms. The summed E-state index contributed by atoms with van der Waals surface area (Å²) in [4.78, 5) is 0.00704. The first-order chi connectivity index (χ1) is 9.19. The van der Waals surface area contributed by atoms with E-state index in [0.29, 0.717) is 5.75 Å². The van der Waals surface area contributed by atoms with E-state index in [0.717, 1.165) is 29.3 Å². The van der Waals surface area contributed by atoms with Crippen molar-refractivity contribution < 1.29 is 13.9 Å². The summed E-state index contributed by atoms with van der Waals surface area (Å²) >= 11 is 3.66. The molecule has 4 heteroatoms. The van der Waals surface area contributed by atoms with E-state index < -0.39 is 0 Å². The van der Waals surface area contributed by atoms with E-state index in [2.05, 4.69) is 22.9 Å². The van der Waals surface area contributed by atoms with Gasteiger partial charge in [-0.25, -0.2) is 0 Å². The van der Waals surface area contributed by atoms with Gasteiger partial charge in [0, 0.05) is 6.42 Å². The van der Waals surface area contributed by atoms with Crippen LogP contribution >= 0.6 is 15.9 Å². The van der Waals surface area contributed by atoms with E-state index in [9.17, 15) is 0 Å². The molecule has 1 atom stereocenters. The number of alkyl halides is 1. The summed E-state index contributed by atoms with van der Waals surface area (Å²) in [6.07, 6.45) is 0.894. The Kier molecular flexibility index (Phi) is 4.53. The summed E-state index contributed by atoms with van der Waals surface area (Å²) in [5.74, 6) is 3.32. The number of benzene rings is 1. The highest BCUT2D eigenvalue weighted by Gasteiger charge is 2.16. The van der Waals surface area contributed by atoms with Crippen molar-refractivity contribution in [1.29, 1.82) is 0 Å². The molecule has 1 aromatic carbocycles. The Morgan fingerprint density at radius 3 is 2.42 bits per heavy atom. The zero-order valence-electron chi connectivity index (χ0n) is 11.3. The van der Waals surface area contributed by atoms with E-state index in [1.54, 1.807) is 14.2 Å². The van der Waals surface area contributed by atoms with Crippen molar-refractivity contribution in [2.45, 2.75) is 18.2 Å². The molecule has 0 radical (unpaired) electrons. The number of halogens is 1. The maximum absolute atomic E-state index is 5.76. The second kappa shape index (κ2) is 6.15. The monoisotopic (exact) mass is 324 g/mol. The first kappa shape index (κ1) is 14.0. The van der Waals surface area contributed by atoms with Gasteiger partial charge in [0.25, 0.3) is 0 Å². The molecule has 1 heterocycles. The Hall–Kier alpha value is -1.42. The van der Waals surface area contributed by atoms with Crippen molar-refractivity contribution in [3.8, 4) is 11.5 Å². The molecule has 0 N–H and O–H groups in total. The standard InChI is InChI=1S/C15H17BrO3/c1-4-11-6-8-13(19-11)15(16)10-5-7-12(17-2)14(9-10)18-3/h5-9,15H,4H2,1-3H3. The predicted octanol–water partition coefficient (Wildman–Crippen LogP) is 4.34. The van der Waals surface area contributed by atoms with Gasteiger partial charge in [0.2, 0.25) is 0 Å². The smallest absolute Gasteiger partial charge is 0.161 e. The van der Waals surface area contributed by atoms with Gasteiger partial charge in [-0.3, -0.25) is 0 Å². The molecule has 0 aliphatic rings. The number of methoxy groups -OCH3 is 2. The maximum Gasteiger partial charge on any atom is 0.161 e. The maximum atomic E-state index is 5.76. The Morgan fingerprint density at radius 1 is 1.11 bits per heavy atom. The van der Waals surface area contributed by atoms with E-state index in [4.69, 9.17) is 13.9 Å². The number of hydrogen-bond acceptors (Lipinski definition) is 3. The number of furan rings is 1. The Balaban J connectivity index is 2.30. The first-order valence-corrected chi connectivity index (χ1v) is 7.05. The lowest BCUT2D eigenvalue weighted by atomic mass is 10.1. The number of aryl methyl sites for hydroxylation is 1. The van der Waals surface area contributed by atoms with E-state index >= 15 is 0 Å². The molecule has 3 nitrogen and oxygen atoms in total. The molecule has 1 unspecified atom stereocenters. The summed E-state index contributed by atoms with van der Waals surface area (Å²) in [7, 11) is 3.26. The molecule has 0 amide bonds. The summed E-state index contributed by atoms with van der Waals surface area (Å²) in [5.41, 5.74) is 1.06. The molecule has 0 fully saturated rings. The molecule has 102 valence electrons. The van der Waals surface area contributed by atoms with Crippen molar-refractivity contribution in [3.63, 3.8) is 0 Å². The minimum absolute atomic E-state index is 0.00704. The van der Waals surface area contributed by atoms with Crippen molar-refractivity contribution >= 4 is 15.9 Å². The molecule has 1 aromatic heterocycles. The van der Waals surface area contributed by atoms with E-state index in [-0.39, 0.29) is 4.83 Å². The highest BCUT2D eigenvalue weighted by atomic mass is 79.9. The molecule has 0 bridgehead atoms. The average molecular weight is 325 g/mol. The van der Waals surface area contributed by atoms with Gasteiger partial charge in [-0.15, -0.1) is 0 Å². The third-order valence-corrected chi connectivity index (χ3v) is 3.96. The van der Waals surface area contributed by atoms with Crippen LogP contribution in [0.25, 0.3) is 0 Å². The summed E-state index contributed by atoms with van der Waals surface area (Å²) in [6, 6.07) is 9.84. The normalized spacial score (nSPS) is 12.2. The van der Waals surface area contributed by atoms with Crippen LogP contribution in [-0.4, -0.2) is 14.2 Å². The summed E-state index contributed by atoms with van der Waals surface area (Å²) < 4.78 is 16.3. The van der Waals surface area contributed by atoms with Gasteiger partial charge in [-0.2, -0.15) is 0 Å². The van der Waals surface area contributed by atoms with Crippen LogP contribution < -0.4 is 9.47 Å². The highest BCUT2D eigenvalue weighted by molar-refractivity contribution is 9.09. The number of ether oxygens (including phenoxy) is 2. The molecule has 0 aliphatic carbocycles. The van der Waals surface area contributed by atoms with Crippen LogP contribution in [-0.2, 0) is 6.42 Å². The molecule has 0 saturated heterocycles. The molecular formula is C15H17BrO3. The van der Waals surface area contributed by atoms with Crippen LogP contribution in [0.4, 0.5) is 0 Å². The lowest BCUT2D eigenvalue weighted by molar-refractivity contribution is 0.354. The van der Waals surface area contributed by atoms with Gasteiger partial charge in [0.1, 0.15) is 11.5 Å². The molecule has 0 spiro atoms.